The smallest absolute Gasteiger partial charge is 0.309 e. The molecule has 2 aromatic heterocycles. The molecule has 0 radical (unpaired) electrons. The third-order valence-electron chi connectivity index (χ3n) is 2.85. The molecule has 2 aromatic rings. The van der Waals surface area contributed by atoms with Gasteiger partial charge in [0, 0.05) is 0 Å². The summed E-state index contributed by atoms with van der Waals surface area (Å²) in [6.07, 6.45) is 2.89. The van der Waals surface area contributed by atoms with E-state index in [1.54, 1.807) is 24.3 Å². The van der Waals surface area contributed by atoms with Gasteiger partial charge in [-0.2, -0.15) is 0 Å². The Morgan fingerprint density at radius 3 is 2.43 bits per heavy atom. The van der Waals surface area contributed by atoms with Gasteiger partial charge in [-0.25, -0.2) is 0 Å². The lowest BCUT2D eigenvalue weighted by molar-refractivity contribution is -0.140. The third-order valence-corrected chi connectivity index (χ3v) is 2.85. The van der Waals surface area contributed by atoms with E-state index < -0.39 is 17.4 Å². The number of hydrogen-bond donors (Lipinski definition) is 3. The largest absolute Gasteiger partial charge is 0.467 e. The van der Waals surface area contributed by atoms with Crippen LogP contribution in [0.2, 0.25) is 0 Å². The van der Waals surface area contributed by atoms with E-state index in [9.17, 15) is 14.7 Å². The van der Waals surface area contributed by atoms with Crippen LogP contribution in [0.15, 0.2) is 45.6 Å². The van der Waals surface area contributed by atoms with Crippen LogP contribution in [0.1, 0.15) is 18.4 Å². The topological polar surface area (TPSA) is 105 Å². The fraction of sp³-hybridized carbons (Fsp3) is 0.286. The summed E-state index contributed by atoms with van der Waals surface area (Å²) in [6, 6.07) is 6.58. The second-order valence-electron chi connectivity index (χ2n) is 4.70. The van der Waals surface area contributed by atoms with Crippen molar-refractivity contribution < 1.29 is 23.5 Å². The summed E-state index contributed by atoms with van der Waals surface area (Å²) in [5.41, 5.74) is -1.39. The number of aliphatic hydroxyl groups is 1. The van der Waals surface area contributed by atoms with Gasteiger partial charge in [0.05, 0.1) is 25.6 Å². The van der Waals surface area contributed by atoms with Crippen molar-refractivity contribution in [3.05, 3.63) is 48.3 Å². The summed E-state index contributed by atoms with van der Waals surface area (Å²) in [5.74, 6) is -0.799. The Labute approximate surface area is 120 Å². The summed E-state index contributed by atoms with van der Waals surface area (Å²) in [6.45, 7) is 1.45. The van der Waals surface area contributed by atoms with E-state index in [0.717, 1.165) is 0 Å². The molecule has 2 rings (SSSR count). The Balaban J connectivity index is 1.80. The van der Waals surface area contributed by atoms with Gasteiger partial charge in [-0.3, -0.25) is 9.59 Å². The third kappa shape index (κ3) is 3.96. The standard InChI is InChI=1S/C14H16N2O5/c1-14(19,11-5-3-7-21-11)9-16-13(18)12(17)15-8-10-4-2-6-20-10/h2-7,19H,8-9H2,1H3,(H,15,17)(H,16,18)/t14-/m0/s1. The normalized spacial score (nSPS) is 13.4. The van der Waals surface area contributed by atoms with Crippen LogP contribution in [-0.4, -0.2) is 23.5 Å². The zero-order valence-corrected chi connectivity index (χ0v) is 11.5. The average molecular weight is 292 g/mol. The molecule has 112 valence electrons. The Morgan fingerprint density at radius 2 is 1.81 bits per heavy atom. The molecule has 0 aromatic carbocycles. The highest BCUT2D eigenvalue weighted by Gasteiger charge is 2.27. The van der Waals surface area contributed by atoms with Crippen LogP contribution in [-0.2, 0) is 21.7 Å². The van der Waals surface area contributed by atoms with Gasteiger partial charge >= 0.3 is 11.8 Å². The molecular formula is C14H16N2O5. The highest BCUT2D eigenvalue weighted by Crippen LogP contribution is 2.19. The second-order valence-corrected chi connectivity index (χ2v) is 4.70. The second kappa shape index (κ2) is 6.27. The van der Waals surface area contributed by atoms with Crippen LogP contribution in [0.4, 0.5) is 0 Å². The van der Waals surface area contributed by atoms with Gasteiger partial charge in [0.2, 0.25) is 0 Å². The first kappa shape index (κ1) is 14.9. The van der Waals surface area contributed by atoms with Crippen molar-refractivity contribution in [2.45, 2.75) is 19.1 Å². The van der Waals surface area contributed by atoms with Crippen molar-refractivity contribution in [2.75, 3.05) is 6.54 Å². The predicted molar refractivity (Wildman–Crippen MR) is 71.8 cm³/mol. The van der Waals surface area contributed by atoms with E-state index >= 15 is 0 Å². The van der Waals surface area contributed by atoms with Crippen LogP contribution < -0.4 is 10.6 Å². The molecule has 0 aliphatic heterocycles. The van der Waals surface area contributed by atoms with Gasteiger partial charge in [0.15, 0.2) is 0 Å². The predicted octanol–water partition coefficient (Wildman–Crippen LogP) is 0.513. The molecule has 7 heteroatoms. The van der Waals surface area contributed by atoms with Crippen LogP contribution in [0.5, 0.6) is 0 Å². The minimum Gasteiger partial charge on any atom is -0.467 e. The lowest BCUT2D eigenvalue weighted by Gasteiger charge is -2.20. The number of furan rings is 2. The Bertz CT molecular complexity index is 587. The summed E-state index contributed by atoms with van der Waals surface area (Å²) < 4.78 is 10.1. The zero-order valence-electron chi connectivity index (χ0n) is 11.5. The first-order chi connectivity index (χ1) is 9.99. The molecular weight excluding hydrogens is 276 g/mol. The summed E-state index contributed by atoms with van der Waals surface area (Å²) in [7, 11) is 0. The van der Waals surface area contributed by atoms with Crippen LogP contribution in [0.3, 0.4) is 0 Å². The number of carbonyl (C=O) groups excluding carboxylic acids is 2. The lowest BCUT2D eigenvalue weighted by Crippen LogP contribution is -2.45. The van der Waals surface area contributed by atoms with E-state index in [0.29, 0.717) is 11.5 Å². The van der Waals surface area contributed by atoms with E-state index in [1.165, 1.54) is 19.5 Å². The van der Waals surface area contributed by atoms with Crippen molar-refractivity contribution >= 4 is 11.8 Å². The first-order valence-corrected chi connectivity index (χ1v) is 6.34. The quantitative estimate of drug-likeness (QED) is 0.697. The Hall–Kier alpha value is -2.54. The molecule has 2 amide bonds. The SMILES string of the molecule is C[C@](O)(CNC(=O)C(=O)NCc1ccco1)c1ccco1. The van der Waals surface area contributed by atoms with Gasteiger partial charge in [-0.05, 0) is 31.2 Å². The van der Waals surface area contributed by atoms with Crippen molar-refractivity contribution in [1.82, 2.24) is 10.6 Å². The van der Waals surface area contributed by atoms with Gasteiger partial charge in [0.25, 0.3) is 0 Å². The minimum atomic E-state index is -1.39. The molecule has 3 N–H and O–H groups in total. The average Bonchev–Trinajstić information content (AvgIpc) is 3.14. The van der Waals surface area contributed by atoms with E-state index in [2.05, 4.69) is 10.6 Å². The van der Waals surface area contributed by atoms with Crippen molar-refractivity contribution in [3.63, 3.8) is 0 Å². The molecule has 21 heavy (non-hydrogen) atoms. The van der Waals surface area contributed by atoms with E-state index in [1.807, 2.05) is 0 Å². The van der Waals surface area contributed by atoms with Crippen LogP contribution >= 0.6 is 0 Å². The van der Waals surface area contributed by atoms with E-state index in [4.69, 9.17) is 8.83 Å². The molecule has 0 spiro atoms. The van der Waals surface area contributed by atoms with Gasteiger partial charge in [-0.15, -0.1) is 0 Å². The molecule has 1 atom stereocenters. The Kier molecular flexibility index (Phi) is 4.44. The van der Waals surface area contributed by atoms with Gasteiger partial charge in [0.1, 0.15) is 17.1 Å². The van der Waals surface area contributed by atoms with Crippen molar-refractivity contribution in [3.8, 4) is 0 Å². The van der Waals surface area contributed by atoms with Crippen molar-refractivity contribution in [2.24, 2.45) is 0 Å². The van der Waals surface area contributed by atoms with Crippen LogP contribution in [0, 0.1) is 0 Å². The number of rotatable bonds is 5. The highest BCUT2D eigenvalue weighted by atomic mass is 16.4. The number of amides is 2. The molecule has 0 aliphatic rings. The lowest BCUT2D eigenvalue weighted by atomic mass is 10.0. The summed E-state index contributed by atoms with van der Waals surface area (Å²) in [4.78, 5) is 23.2. The Morgan fingerprint density at radius 1 is 1.14 bits per heavy atom. The molecule has 0 aliphatic carbocycles. The fourth-order valence-electron chi connectivity index (χ4n) is 1.67. The molecule has 2 heterocycles. The summed E-state index contributed by atoms with van der Waals surface area (Å²) >= 11 is 0. The molecule has 0 bridgehead atoms. The molecule has 0 fully saturated rings. The molecule has 0 saturated carbocycles. The molecule has 0 saturated heterocycles. The van der Waals surface area contributed by atoms with Crippen molar-refractivity contribution in [1.29, 1.82) is 0 Å². The molecule has 7 nitrogen and oxygen atoms in total. The fourth-order valence-corrected chi connectivity index (χ4v) is 1.67. The van der Waals surface area contributed by atoms with Gasteiger partial charge < -0.3 is 24.6 Å². The number of hydrogen-bond acceptors (Lipinski definition) is 5. The maximum atomic E-state index is 11.6. The highest BCUT2D eigenvalue weighted by molar-refractivity contribution is 6.35. The number of carbonyl (C=O) groups is 2. The van der Waals surface area contributed by atoms with Gasteiger partial charge in [-0.1, -0.05) is 0 Å². The first-order valence-electron chi connectivity index (χ1n) is 6.34. The maximum absolute atomic E-state index is 11.6. The maximum Gasteiger partial charge on any atom is 0.309 e. The minimum absolute atomic E-state index is 0.119. The zero-order chi connectivity index (χ0) is 15.3. The van der Waals surface area contributed by atoms with E-state index in [-0.39, 0.29) is 13.1 Å². The molecule has 0 unspecified atom stereocenters. The monoisotopic (exact) mass is 292 g/mol. The van der Waals surface area contributed by atoms with Crippen LogP contribution in [0.25, 0.3) is 0 Å². The summed E-state index contributed by atoms with van der Waals surface area (Å²) in [5, 5.41) is 14.9. The number of nitrogens with one attached hydrogen (secondary N) is 2.